The minimum atomic E-state index is -2.88. The Balaban J connectivity index is 1.27. The van der Waals surface area contributed by atoms with Crippen LogP contribution in [0.5, 0.6) is 0 Å². The summed E-state index contributed by atoms with van der Waals surface area (Å²) in [7, 11) is -2.88. The summed E-state index contributed by atoms with van der Waals surface area (Å²) in [6.45, 7) is 5.83. The van der Waals surface area contributed by atoms with Crippen LogP contribution in [0.2, 0.25) is 0 Å². The number of carbonyl (C=O) groups excluding carboxylic acids is 1. The number of nitrogens with zero attached hydrogens (tertiary/aromatic N) is 3. The third kappa shape index (κ3) is 3.95. The fraction of sp³-hybridized carbons (Fsp3) is 0.400. The summed E-state index contributed by atoms with van der Waals surface area (Å²) in [5, 5.41) is 2.44. The number of piperazine rings is 1. The van der Waals surface area contributed by atoms with Gasteiger partial charge in [-0.1, -0.05) is 24.3 Å². The van der Waals surface area contributed by atoms with Crippen LogP contribution < -0.4 is 0 Å². The summed E-state index contributed by atoms with van der Waals surface area (Å²) in [4.78, 5) is 16.8. The molecule has 0 radical (unpaired) electrons. The zero-order valence-corrected chi connectivity index (χ0v) is 19.2. The molecule has 5 rings (SSSR count). The Morgan fingerprint density at radius 1 is 1.03 bits per heavy atom. The SMILES string of the molecule is CCn1c2ccccc2c2cc(/C=C/C(=O)N3CCN(C4CCS(=O)(=O)C4)CC3)ccc21. The Morgan fingerprint density at radius 3 is 2.50 bits per heavy atom. The molecule has 0 N–H and O–H groups in total. The Bertz CT molecular complexity index is 1300. The highest BCUT2D eigenvalue weighted by Crippen LogP contribution is 2.30. The quantitative estimate of drug-likeness (QED) is 0.572. The van der Waals surface area contributed by atoms with Gasteiger partial charge in [0.05, 0.1) is 11.5 Å². The molecule has 0 saturated carbocycles. The molecule has 2 aliphatic heterocycles. The van der Waals surface area contributed by atoms with Gasteiger partial charge in [0.1, 0.15) is 0 Å². The van der Waals surface area contributed by atoms with Crippen LogP contribution in [-0.4, -0.2) is 72.4 Å². The van der Waals surface area contributed by atoms with Crippen LogP contribution >= 0.6 is 0 Å². The van der Waals surface area contributed by atoms with E-state index in [1.165, 1.54) is 21.8 Å². The molecule has 1 amide bonds. The van der Waals surface area contributed by atoms with Gasteiger partial charge in [-0.2, -0.15) is 0 Å². The van der Waals surface area contributed by atoms with Gasteiger partial charge < -0.3 is 9.47 Å². The summed E-state index contributed by atoms with van der Waals surface area (Å²) >= 11 is 0. The average molecular weight is 452 g/mol. The molecule has 1 atom stereocenters. The molecule has 3 aromatic rings. The molecular weight excluding hydrogens is 422 g/mol. The van der Waals surface area contributed by atoms with Crippen LogP contribution in [0.4, 0.5) is 0 Å². The van der Waals surface area contributed by atoms with Crippen molar-refractivity contribution in [2.75, 3.05) is 37.7 Å². The molecule has 1 aromatic heterocycles. The fourth-order valence-electron chi connectivity index (χ4n) is 5.16. The number of sulfone groups is 1. The number of aromatic nitrogens is 1. The van der Waals surface area contributed by atoms with E-state index < -0.39 is 9.84 Å². The molecule has 1 unspecified atom stereocenters. The van der Waals surface area contributed by atoms with Crippen LogP contribution in [0, 0.1) is 0 Å². The molecular formula is C25H29N3O3S. The Kier molecular flexibility index (Phi) is 5.55. The van der Waals surface area contributed by atoms with E-state index in [4.69, 9.17) is 0 Å². The molecule has 0 bridgehead atoms. The van der Waals surface area contributed by atoms with E-state index in [-0.39, 0.29) is 17.7 Å². The van der Waals surface area contributed by atoms with Gasteiger partial charge in [0.25, 0.3) is 0 Å². The van der Waals surface area contributed by atoms with Crippen molar-refractivity contribution >= 4 is 43.6 Å². The van der Waals surface area contributed by atoms with Gasteiger partial charge >= 0.3 is 0 Å². The van der Waals surface area contributed by atoms with Crippen molar-refractivity contribution in [1.82, 2.24) is 14.4 Å². The van der Waals surface area contributed by atoms with Gasteiger partial charge in [-0.25, -0.2) is 8.42 Å². The van der Waals surface area contributed by atoms with Crippen molar-refractivity contribution in [2.45, 2.75) is 25.9 Å². The van der Waals surface area contributed by atoms with Gasteiger partial charge in [0.15, 0.2) is 9.84 Å². The highest BCUT2D eigenvalue weighted by atomic mass is 32.2. The van der Waals surface area contributed by atoms with Crippen molar-refractivity contribution in [3.05, 3.63) is 54.1 Å². The molecule has 2 fully saturated rings. The fourth-order valence-corrected chi connectivity index (χ4v) is 6.92. The van der Waals surface area contributed by atoms with Crippen LogP contribution in [-0.2, 0) is 21.2 Å². The third-order valence-electron chi connectivity index (χ3n) is 6.88. The predicted molar refractivity (Wildman–Crippen MR) is 129 cm³/mol. The monoisotopic (exact) mass is 451 g/mol. The van der Waals surface area contributed by atoms with Gasteiger partial charge in [-0.05, 0) is 43.2 Å². The lowest BCUT2D eigenvalue weighted by Crippen LogP contribution is -2.52. The first-order valence-electron chi connectivity index (χ1n) is 11.4. The van der Waals surface area contributed by atoms with Crippen LogP contribution in [0.25, 0.3) is 27.9 Å². The Morgan fingerprint density at radius 2 is 1.78 bits per heavy atom. The molecule has 6 nitrogen and oxygen atoms in total. The van der Waals surface area contributed by atoms with E-state index in [1.807, 2.05) is 11.0 Å². The maximum absolute atomic E-state index is 12.7. The summed E-state index contributed by atoms with van der Waals surface area (Å²) < 4.78 is 25.8. The minimum absolute atomic E-state index is 0.0137. The highest BCUT2D eigenvalue weighted by Gasteiger charge is 2.34. The molecule has 2 aromatic carbocycles. The average Bonchev–Trinajstić information content (AvgIpc) is 3.34. The first-order chi connectivity index (χ1) is 15.4. The van der Waals surface area contributed by atoms with Gasteiger partial charge in [-0.15, -0.1) is 0 Å². The number of hydrogen-bond donors (Lipinski definition) is 0. The molecule has 3 heterocycles. The number of rotatable bonds is 4. The maximum Gasteiger partial charge on any atom is 0.246 e. The van der Waals surface area contributed by atoms with E-state index in [9.17, 15) is 13.2 Å². The van der Waals surface area contributed by atoms with E-state index in [0.29, 0.717) is 25.3 Å². The lowest BCUT2D eigenvalue weighted by atomic mass is 10.1. The van der Waals surface area contributed by atoms with E-state index in [0.717, 1.165) is 25.2 Å². The predicted octanol–water partition coefficient (Wildman–Crippen LogP) is 3.16. The topological polar surface area (TPSA) is 62.6 Å². The molecule has 7 heteroatoms. The molecule has 32 heavy (non-hydrogen) atoms. The summed E-state index contributed by atoms with van der Waals surface area (Å²) in [6.07, 6.45) is 4.28. The van der Waals surface area contributed by atoms with E-state index >= 15 is 0 Å². The number of para-hydroxylation sites is 1. The Labute approximate surface area is 189 Å². The molecule has 168 valence electrons. The number of amides is 1. The number of carbonyl (C=O) groups is 1. The maximum atomic E-state index is 12.7. The number of fused-ring (bicyclic) bond motifs is 3. The second kappa shape index (κ2) is 8.37. The summed E-state index contributed by atoms with van der Waals surface area (Å²) in [6, 6.07) is 14.9. The number of benzene rings is 2. The van der Waals surface area contributed by atoms with Crippen LogP contribution in [0.3, 0.4) is 0 Å². The molecule has 0 spiro atoms. The molecule has 2 aliphatic rings. The zero-order valence-electron chi connectivity index (χ0n) is 18.4. The second-order valence-corrected chi connectivity index (χ2v) is 11.0. The van der Waals surface area contributed by atoms with Crippen molar-refractivity contribution in [1.29, 1.82) is 0 Å². The van der Waals surface area contributed by atoms with Crippen LogP contribution in [0.1, 0.15) is 18.9 Å². The minimum Gasteiger partial charge on any atom is -0.341 e. The first-order valence-corrected chi connectivity index (χ1v) is 13.2. The lowest BCUT2D eigenvalue weighted by molar-refractivity contribution is -0.127. The van der Waals surface area contributed by atoms with E-state index in [1.54, 1.807) is 6.08 Å². The third-order valence-corrected chi connectivity index (χ3v) is 8.63. The van der Waals surface area contributed by atoms with Crippen molar-refractivity contribution in [3.63, 3.8) is 0 Å². The standard InChI is InChI=1S/C25H29N3O3S/c1-2-28-23-6-4-3-5-21(23)22-17-19(7-9-24(22)28)8-10-25(29)27-14-12-26(13-15-27)20-11-16-32(30,31)18-20/h3-10,17,20H,2,11-16,18H2,1H3/b10-8+. The van der Waals surface area contributed by atoms with Crippen molar-refractivity contribution in [3.8, 4) is 0 Å². The largest absolute Gasteiger partial charge is 0.341 e. The van der Waals surface area contributed by atoms with Gasteiger partial charge in [0, 0.05) is 66.6 Å². The van der Waals surface area contributed by atoms with Crippen molar-refractivity contribution < 1.29 is 13.2 Å². The lowest BCUT2D eigenvalue weighted by Gasteiger charge is -2.37. The molecule has 2 saturated heterocycles. The number of aryl methyl sites for hydroxylation is 1. The zero-order chi connectivity index (χ0) is 22.3. The van der Waals surface area contributed by atoms with Gasteiger partial charge in [-0.3, -0.25) is 9.69 Å². The summed E-state index contributed by atoms with van der Waals surface area (Å²) in [5.41, 5.74) is 3.46. The number of hydrogen-bond acceptors (Lipinski definition) is 4. The first kappa shape index (κ1) is 21.2. The Hall–Kier alpha value is -2.64. The van der Waals surface area contributed by atoms with Gasteiger partial charge in [0.2, 0.25) is 5.91 Å². The second-order valence-electron chi connectivity index (χ2n) is 8.79. The smallest absolute Gasteiger partial charge is 0.246 e. The van der Waals surface area contributed by atoms with Crippen LogP contribution in [0.15, 0.2) is 48.5 Å². The molecule has 0 aliphatic carbocycles. The summed E-state index contributed by atoms with van der Waals surface area (Å²) in [5.74, 6) is 0.568. The normalized spacial score (nSPS) is 21.8. The highest BCUT2D eigenvalue weighted by molar-refractivity contribution is 7.91. The van der Waals surface area contributed by atoms with E-state index in [2.05, 4.69) is 58.9 Å². The van der Waals surface area contributed by atoms with Crippen molar-refractivity contribution in [2.24, 2.45) is 0 Å².